The molecule has 0 unspecified atom stereocenters. The summed E-state index contributed by atoms with van der Waals surface area (Å²) in [5.74, 6) is 2.66. The monoisotopic (exact) mass is 413 g/mol. The van der Waals surface area contributed by atoms with Crippen LogP contribution in [0.4, 0.5) is 16.0 Å². The van der Waals surface area contributed by atoms with Crippen LogP contribution in [0.1, 0.15) is 19.8 Å². The standard InChI is InChI=1S/C22H28FN5O2/c1-17-8-10-26(11-9-17)20-6-7-21(25-24-20)27-12-14-28(15-13-27)22(29)16-30-19-4-2-18(23)3-5-19/h2-7,17H,8-16H2,1H3. The van der Waals surface area contributed by atoms with Crippen LogP contribution in [-0.4, -0.2) is 66.9 Å². The zero-order valence-corrected chi connectivity index (χ0v) is 17.3. The Bertz CT molecular complexity index is 830. The van der Waals surface area contributed by atoms with E-state index in [2.05, 4.69) is 26.9 Å². The van der Waals surface area contributed by atoms with E-state index < -0.39 is 0 Å². The van der Waals surface area contributed by atoms with Crippen molar-refractivity contribution in [3.63, 3.8) is 0 Å². The first-order chi connectivity index (χ1) is 14.6. The van der Waals surface area contributed by atoms with E-state index in [1.165, 1.54) is 37.1 Å². The Hall–Kier alpha value is -2.90. The number of rotatable bonds is 5. The van der Waals surface area contributed by atoms with Crippen LogP contribution >= 0.6 is 0 Å². The minimum absolute atomic E-state index is 0.0470. The molecule has 0 N–H and O–H groups in total. The molecule has 2 aliphatic rings. The van der Waals surface area contributed by atoms with E-state index >= 15 is 0 Å². The predicted octanol–water partition coefficient (Wildman–Crippen LogP) is 2.58. The molecule has 1 aromatic heterocycles. The minimum Gasteiger partial charge on any atom is -0.484 e. The molecule has 3 heterocycles. The highest BCUT2D eigenvalue weighted by molar-refractivity contribution is 5.78. The maximum atomic E-state index is 12.9. The van der Waals surface area contributed by atoms with E-state index in [-0.39, 0.29) is 18.3 Å². The third kappa shape index (κ3) is 4.98. The molecule has 30 heavy (non-hydrogen) atoms. The Morgan fingerprint density at radius 3 is 2.07 bits per heavy atom. The van der Waals surface area contributed by atoms with E-state index in [0.29, 0.717) is 31.9 Å². The quantitative estimate of drug-likeness (QED) is 0.751. The first-order valence-corrected chi connectivity index (χ1v) is 10.6. The van der Waals surface area contributed by atoms with Crippen molar-refractivity contribution in [1.82, 2.24) is 15.1 Å². The number of amides is 1. The summed E-state index contributed by atoms with van der Waals surface area (Å²) in [7, 11) is 0. The summed E-state index contributed by atoms with van der Waals surface area (Å²) >= 11 is 0. The molecule has 0 bridgehead atoms. The summed E-state index contributed by atoms with van der Waals surface area (Å²) in [6.07, 6.45) is 2.40. The maximum Gasteiger partial charge on any atom is 0.260 e. The second-order valence-electron chi connectivity index (χ2n) is 8.03. The van der Waals surface area contributed by atoms with Crippen molar-refractivity contribution in [2.75, 3.05) is 55.7 Å². The molecule has 1 amide bonds. The van der Waals surface area contributed by atoms with Gasteiger partial charge in [0.1, 0.15) is 11.6 Å². The number of carbonyl (C=O) groups excluding carboxylic acids is 1. The first-order valence-electron chi connectivity index (χ1n) is 10.6. The van der Waals surface area contributed by atoms with Crippen molar-refractivity contribution in [3.05, 3.63) is 42.2 Å². The lowest BCUT2D eigenvalue weighted by Gasteiger charge is -2.35. The van der Waals surface area contributed by atoms with E-state index in [0.717, 1.165) is 30.6 Å². The molecule has 0 saturated carbocycles. The molecule has 1 aromatic carbocycles. The smallest absolute Gasteiger partial charge is 0.260 e. The van der Waals surface area contributed by atoms with Gasteiger partial charge in [-0.3, -0.25) is 4.79 Å². The molecule has 0 spiro atoms. The van der Waals surface area contributed by atoms with Crippen molar-refractivity contribution in [2.45, 2.75) is 19.8 Å². The molecule has 2 aromatic rings. The Morgan fingerprint density at radius 1 is 0.933 bits per heavy atom. The predicted molar refractivity (Wildman–Crippen MR) is 113 cm³/mol. The third-order valence-corrected chi connectivity index (χ3v) is 5.88. The molecular formula is C22H28FN5O2. The minimum atomic E-state index is -0.327. The molecule has 7 nitrogen and oxygen atoms in total. The number of hydrogen-bond donors (Lipinski definition) is 0. The molecular weight excluding hydrogens is 385 g/mol. The van der Waals surface area contributed by atoms with Crippen LogP contribution in [0.3, 0.4) is 0 Å². The summed E-state index contributed by atoms with van der Waals surface area (Å²) < 4.78 is 18.4. The lowest BCUT2D eigenvalue weighted by molar-refractivity contribution is -0.133. The number of piperazine rings is 1. The Morgan fingerprint density at radius 2 is 1.50 bits per heavy atom. The van der Waals surface area contributed by atoms with Gasteiger partial charge in [0.2, 0.25) is 0 Å². The molecule has 8 heteroatoms. The van der Waals surface area contributed by atoms with Crippen LogP contribution in [0, 0.1) is 11.7 Å². The largest absolute Gasteiger partial charge is 0.484 e. The van der Waals surface area contributed by atoms with E-state index in [1.54, 1.807) is 4.90 Å². The van der Waals surface area contributed by atoms with Gasteiger partial charge in [-0.25, -0.2) is 4.39 Å². The van der Waals surface area contributed by atoms with Gasteiger partial charge in [0.05, 0.1) is 0 Å². The molecule has 0 aliphatic carbocycles. The van der Waals surface area contributed by atoms with Crippen LogP contribution in [-0.2, 0) is 4.79 Å². The van der Waals surface area contributed by atoms with Gasteiger partial charge in [-0.1, -0.05) is 6.92 Å². The second-order valence-corrected chi connectivity index (χ2v) is 8.03. The number of ether oxygens (including phenoxy) is 1. The Kier molecular flexibility index (Phi) is 6.30. The van der Waals surface area contributed by atoms with Gasteiger partial charge in [-0.2, -0.15) is 0 Å². The number of halogens is 1. The van der Waals surface area contributed by atoms with Crippen LogP contribution in [0.25, 0.3) is 0 Å². The van der Waals surface area contributed by atoms with Crippen molar-refractivity contribution >= 4 is 17.5 Å². The van der Waals surface area contributed by atoms with E-state index in [9.17, 15) is 9.18 Å². The van der Waals surface area contributed by atoms with Gasteiger partial charge >= 0.3 is 0 Å². The van der Waals surface area contributed by atoms with Crippen LogP contribution in [0.5, 0.6) is 5.75 Å². The molecule has 2 saturated heterocycles. The summed E-state index contributed by atoms with van der Waals surface area (Å²) in [4.78, 5) is 18.6. The number of aromatic nitrogens is 2. The number of carbonyl (C=O) groups is 1. The maximum absolute atomic E-state index is 12.9. The highest BCUT2D eigenvalue weighted by atomic mass is 19.1. The molecule has 0 radical (unpaired) electrons. The number of hydrogen-bond acceptors (Lipinski definition) is 6. The normalized spacial score (nSPS) is 17.9. The fraction of sp³-hybridized carbons (Fsp3) is 0.500. The van der Waals surface area contributed by atoms with Gasteiger partial charge in [-0.05, 0) is 55.2 Å². The topological polar surface area (TPSA) is 61.8 Å². The molecule has 2 fully saturated rings. The number of benzene rings is 1. The third-order valence-electron chi connectivity index (χ3n) is 5.88. The fourth-order valence-electron chi connectivity index (χ4n) is 3.85. The van der Waals surface area contributed by atoms with Crippen molar-refractivity contribution in [1.29, 1.82) is 0 Å². The average molecular weight is 413 g/mol. The van der Waals surface area contributed by atoms with Gasteiger partial charge in [0.15, 0.2) is 18.2 Å². The highest BCUT2D eigenvalue weighted by Gasteiger charge is 2.23. The van der Waals surface area contributed by atoms with Crippen molar-refractivity contribution in [3.8, 4) is 5.75 Å². The number of anilines is 2. The number of piperidine rings is 1. The highest BCUT2D eigenvalue weighted by Crippen LogP contribution is 2.22. The van der Waals surface area contributed by atoms with Gasteiger partial charge < -0.3 is 19.4 Å². The lowest BCUT2D eigenvalue weighted by Crippen LogP contribution is -2.50. The van der Waals surface area contributed by atoms with Gasteiger partial charge in [0, 0.05) is 39.3 Å². The van der Waals surface area contributed by atoms with Crippen LogP contribution in [0.2, 0.25) is 0 Å². The van der Waals surface area contributed by atoms with Crippen LogP contribution < -0.4 is 14.5 Å². The lowest BCUT2D eigenvalue weighted by atomic mass is 9.99. The summed E-state index contributed by atoms with van der Waals surface area (Å²) in [6.45, 7) is 6.96. The van der Waals surface area contributed by atoms with Crippen molar-refractivity contribution in [2.24, 2.45) is 5.92 Å². The molecule has 2 aliphatic heterocycles. The van der Waals surface area contributed by atoms with Crippen molar-refractivity contribution < 1.29 is 13.9 Å². The van der Waals surface area contributed by atoms with Gasteiger partial charge in [-0.15, -0.1) is 10.2 Å². The molecule has 160 valence electrons. The fourth-order valence-corrected chi connectivity index (χ4v) is 3.85. The van der Waals surface area contributed by atoms with Gasteiger partial charge in [0.25, 0.3) is 5.91 Å². The zero-order chi connectivity index (χ0) is 20.9. The molecule has 4 rings (SSSR count). The van der Waals surface area contributed by atoms with Crippen LogP contribution in [0.15, 0.2) is 36.4 Å². The second kappa shape index (κ2) is 9.28. The summed E-state index contributed by atoms with van der Waals surface area (Å²) in [5.41, 5.74) is 0. The summed E-state index contributed by atoms with van der Waals surface area (Å²) in [6, 6.07) is 9.75. The van der Waals surface area contributed by atoms with E-state index in [1.807, 2.05) is 12.1 Å². The molecule has 0 atom stereocenters. The zero-order valence-electron chi connectivity index (χ0n) is 17.3. The Labute approximate surface area is 176 Å². The summed E-state index contributed by atoms with van der Waals surface area (Å²) in [5, 5.41) is 8.86. The van der Waals surface area contributed by atoms with E-state index in [4.69, 9.17) is 4.74 Å². The average Bonchev–Trinajstić information content (AvgIpc) is 2.79. The number of nitrogens with zero attached hydrogens (tertiary/aromatic N) is 5. The Balaban J connectivity index is 1.24. The first kappa shape index (κ1) is 20.4. The SMILES string of the molecule is CC1CCN(c2ccc(N3CCN(C(=O)COc4ccc(F)cc4)CC3)nn2)CC1.